The number of halogens is 1. The van der Waals surface area contributed by atoms with Gasteiger partial charge in [0.15, 0.2) is 5.82 Å². The van der Waals surface area contributed by atoms with Crippen LogP contribution in [-0.4, -0.2) is 33.0 Å². The maximum atomic E-state index is 13.8. The van der Waals surface area contributed by atoms with Crippen LogP contribution in [0.3, 0.4) is 0 Å². The zero-order chi connectivity index (χ0) is 17.3. The number of hydrogen-bond donors (Lipinski definition) is 1. The predicted molar refractivity (Wildman–Crippen MR) is 84.9 cm³/mol. The summed E-state index contributed by atoms with van der Waals surface area (Å²) in [4.78, 5) is 25.4. The van der Waals surface area contributed by atoms with Crippen LogP contribution in [0.15, 0.2) is 36.9 Å². The molecule has 124 valence electrons. The first-order valence-electron chi connectivity index (χ1n) is 7.41. The van der Waals surface area contributed by atoms with Crippen molar-refractivity contribution in [2.45, 2.75) is 25.9 Å². The van der Waals surface area contributed by atoms with Crippen LogP contribution >= 0.6 is 0 Å². The number of carbonyl (C=O) groups excluding carboxylic acids is 2. The van der Waals surface area contributed by atoms with Crippen LogP contribution in [0.5, 0.6) is 0 Å². The van der Waals surface area contributed by atoms with E-state index < -0.39 is 18.0 Å². The van der Waals surface area contributed by atoms with Crippen LogP contribution in [0, 0.1) is 12.7 Å². The van der Waals surface area contributed by atoms with Gasteiger partial charge in [0.05, 0.1) is 12.2 Å². The Morgan fingerprint density at radius 1 is 1.38 bits per heavy atom. The molecule has 7 nitrogen and oxygen atoms in total. The summed E-state index contributed by atoms with van der Waals surface area (Å²) in [5.74, 6) is -0.601. The van der Waals surface area contributed by atoms with Crippen LogP contribution in [0.25, 0.3) is 0 Å². The van der Waals surface area contributed by atoms with Crippen molar-refractivity contribution in [3.63, 3.8) is 0 Å². The lowest BCUT2D eigenvalue weighted by Gasteiger charge is -2.10. The van der Waals surface area contributed by atoms with Gasteiger partial charge in [0, 0.05) is 5.56 Å². The number of imide groups is 1. The summed E-state index contributed by atoms with van der Waals surface area (Å²) in [6.45, 7) is 5.40. The van der Waals surface area contributed by atoms with Gasteiger partial charge in [-0.2, -0.15) is 0 Å². The van der Waals surface area contributed by atoms with Crippen LogP contribution < -0.4 is 10.2 Å². The molecule has 1 atom stereocenters. The van der Waals surface area contributed by atoms with Gasteiger partial charge in [-0.3, -0.25) is 4.79 Å². The molecule has 0 bridgehead atoms. The van der Waals surface area contributed by atoms with Gasteiger partial charge in [0.2, 0.25) is 0 Å². The molecule has 8 heteroatoms. The molecule has 1 fully saturated rings. The highest BCUT2D eigenvalue weighted by Crippen LogP contribution is 2.22. The SMILES string of the molecule is C=CCC1NC(=O)N(c2nnn(Cc3ccccc3F)c2C)C1=O. The second-order valence-corrected chi connectivity index (χ2v) is 5.45. The Labute approximate surface area is 137 Å². The Kier molecular flexibility index (Phi) is 4.11. The fourth-order valence-electron chi connectivity index (χ4n) is 2.55. The topological polar surface area (TPSA) is 80.1 Å². The highest BCUT2D eigenvalue weighted by molar-refractivity contribution is 6.21. The summed E-state index contributed by atoms with van der Waals surface area (Å²) >= 11 is 0. The van der Waals surface area contributed by atoms with E-state index in [2.05, 4.69) is 22.2 Å². The van der Waals surface area contributed by atoms with E-state index in [1.807, 2.05) is 0 Å². The molecule has 1 unspecified atom stereocenters. The van der Waals surface area contributed by atoms with Crippen LogP contribution in [-0.2, 0) is 11.3 Å². The third-order valence-electron chi connectivity index (χ3n) is 3.87. The molecule has 3 amide bonds. The molecule has 0 radical (unpaired) electrons. The van der Waals surface area contributed by atoms with Crippen LogP contribution in [0.1, 0.15) is 17.7 Å². The van der Waals surface area contributed by atoms with Gasteiger partial charge in [-0.25, -0.2) is 18.8 Å². The summed E-state index contributed by atoms with van der Waals surface area (Å²) < 4.78 is 15.2. The minimum absolute atomic E-state index is 0.153. The van der Waals surface area contributed by atoms with Crippen molar-refractivity contribution in [1.29, 1.82) is 0 Å². The quantitative estimate of drug-likeness (QED) is 0.670. The number of hydrogen-bond acceptors (Lipinski definition) is 4. The fourth-order valence-corrected chi connectivity index (χ4v) is 2.55. The first kappa shape index (κ1) is 15.9. The number of benzene rings is 1. The molecule has 1 aromatic carbocycles. The number of nitrogens with one attached hydrogen (secondary N) is 1. The summed E-state index contributed by atoms with van der Waals surface area (Å²) in [7, 11) is 0. The van der Waals surface area contributed by atoms with Crippen molar-refractivity contribution in [3.05, 3.63) is 54.0 Å². The molecule has 1 saturated heterocycles. The van der Waals surface area contributed by atoms with E-state index in [0.29, 0.717) is 17.7 Å². The van der Waals surface area contributed by atoms with E-state index in [1.165, 1.54) is 10.7 Å². The zero-order valence-electron chi connectivity index (χ0n) is 13.1. The van der Waals surface area contributed by atoms with Gasteiger partial charge >= 0.3 is 6.03 Å². The largest absolute Gasteiger partial charge is 0.330 e. The average molecular weight is 329 g/mol. The number of urea groups is 1. The Balaban J connectivity index is 1.88. The van der Waals surface area contributed by atoms with Crippen LogP contribution in [0.4, 0.5) is 15.0 Å². The molecule has 0 spiro atoms. The molecule has 1 aliphatic heterocycles. The molecule has 2 heterocycles. The molecule has 1 aromatic heterocycles. The van der Waals surface area contributed by atoms with Gasteiger partial charge in [-0.1, -0.05) is 29.5 Å². The van der Waals surface area contributed by atoms with Crippen molar-refractivity contribution in [2.24, 2.45) is 0 Å². The molecule has 3 rings (SSSR count). The lowest BCUT2D eigenvalue weighted by atomic mass is 10.2. The van der Waals surface area contributed by atoms with E-state index >= 15 is 0 Å². The smallest absolute Gasteiger partial charge is 0.325 e. The van der Waals surface area contributed by atoms with Crippen molar-refractivity contribution >= 4 is 17.8 Å². The molecule has 24 heavy (non-hydrogen) atoms. The molecule has 2 aromatic rings. The van der Waals surface area contributed by atoms with E-state index in [-0.39, 0.29) is 18.2 Å². The van der Waals surface area contributed by atoms with Gasteiger partial charge in [-0.05, 0) is 19.4 Å². The Hall–Kier alpha value is -3.03. The lowest BCUT2D eigenvalue weighted by molar-refractivity contribution is -0.118. The second kappa shape index (κ2) is 6.23. The summed E-state index contributed by atoms with van der Waals surface area (Å²) in [5.41, 5.74) is 0.944. The van der Waals surface area contributed by atoms with Crippen LogP contribution in [0.2, 0.25) is 0 Å². The standard InChI is InChI=1S/C16H16FN5O2/c1-3-6-13-15(23)22(16(24)18-13)14-10(2)21(20-19-14)9-11-7-4-5-8-12(11)17/h3-5,7-8,13H,1,6,9H2,2H3,(H,18,24). The van der Waals surface area contributed by atoms with Gasteiger partial charge in [-0.15, -0.1) is 11.7 Å². The maximum absolute atomic E-state index is 13.8. The highest BCUT2D eigenvalue weighted by Gasteiger charge is 2.40. The van der Waals surface area contributed by atoms with Gasteiger partial charge in [0.1, 0.15) is 11.9 Å². The van der Waals surface area contributed by atoms with E-state index in [0.717, 1.165) is 4.90 Å². The Morgan fingerprint density at radius 3 is 2.83 bits per heavy atom. The summed E-state index contributed by atoms with van der Waals surface area (Å²) in [5, 5.41) is 10.4. The zero-order valence-corrected chi connectivity index (χ0v) is 13.1. The first-order chi connectivity index (χ1) is 11.5. The number of rotatable bonds is 5. The minimum Gasteiger partial charge on any atom is -0.325 e. The molecule has 0 saturated carbocycles. The van der Waals surface area contributed by atoms with Crippen molar-refractivity contribution in [1.82, 2.24) is 20.3 Å². The molecule has 1 N–H and O–H groups in total. The molecule has 0 aliphatic carbocycles. The lowest BCUT2D eigenvalue weighted by Crippen LogP contribution is -2.32. The molecular weight excluding hydrogens is 313 g/mol. The Morgan fingerprint density at radius 2 is 2.12 bits per heavy atom. The average Bonchev–Trinajstić information content (AvgIpc) is 3.03. The predicted octanol–water partition coefficient (Wildman–Crippen LogP) is 1.77. The second-order valence-electron chi connectivity index (χ2n) is 5.45. The van der Waals surface area contributed by atoms with E-state index in [1.54, 1.807) is 31.2 Å². The summed E-state index contributed by atoms with van der Waals surface area (Å²) in [6.07, 6.45) is 1.90. The molecular formula is C16H16FN5O2. The normalized spacial score (nSPS) is 17.2. The monoisotopic (exact) mass is 329 g/mol. The summed E-state index contributed by atoms with van der Waals surface area (Å²) in [6, 6.07) is 5.14. The highest BCUT2D eigenvalue weighted by atomic mass is 19.1. The van der Waals surface area contributed by atoms with Crippen molar-refractivity contribution < 1.29 is 14.0 Å². The van der Waals surface area contributed by atoms with Gasteiger partial charge < -0.3 is 5.32 Å². The number of amides is 3. The minimum atomic E-state index is -0.647. The number of carbonyl (C=O) groups is 2. The van der Waals surface area contributed by atoms with Gasteiger partial charge in [0.25, 0.3) is 5.91 Å². The molecule has 1 aliphatic rings. The first-order valence-corrected chi connectivity index (χ1v) is 7.41. The third kappa shape index (κ3) is 2.66. The van der Waals surface area contributed by atoms with Crippen molar-refractivity contribution in [2.75, 3.05) is 4.90 Å². The maximum Gasteiger partial charge on any atom is 0.330 e. The number of anilines is 1. The van der Waals surface area contributed by atoms with Crippen molar-refractivity contribution in [3.8, 4) is 0 Å². The van der Waals surface area contributed by atoms with E-state index in [4.69, 9.17) is 0 Å². The number of nitrogens with zero attached hydrogens (tertiary/aromatic N) is 4. The number of aromatic nitrogens is 3. The third-order valence-corrected chi connectivity index (χ3v) is 3.87. The Bertz CT molecular complexity index is 817. The fraction of sp³-hybridized carbons (Fsp3) is 0.250. The van der Waals surface area contributed by atoms with E-state index in [9.17, 15) is 14.0 Å².